The first-order chi connectivity index (χ1) is 6.68. The Morgan fingerprint density at radius 2 is 2.21 bits per heavy atom. The Morgan fingerprint density at radius 1 is 1.43 bits per heavy atom. The summed E-state index contributed by atoms with van der Waals surface area (Å²) in [4.78, 5) is 26.9. The van der Waals surface area contributed by atoms with Gasteiger partial charge in [0.15, 0.2) is 11.6 Å². The molecule has 0 atom stereocenters. The van der Waals surface area contributed by atoms with Crippen molar-refractivity contribution in [2.75, 3.05) is 11.4 Å². The molecule has 1 fully saturated rings. The van der Waals surface area contributed by atoms with Gasteiger partial charge in [0.2, 0.25) is 5.91 Å². The fourth-order valence-electron chi connectivity index (χ4n) is 1.39. The molecule has 0 aliphatic carbocycles. The van der Waals surface area contributed by atoms with Crippen molar-refractivity contribution >= 4 is 17.4 Å². The molecule has 0 spiro atoms. The van der Waals surface area contributed by atoms with Crippen molar-refractivity contribution in [3.8, 4) is 0 Å². The number of ketones is 1. The Bertz CT molecular complexity index is 406. The molecule has 5 heteroatoms. The van der Waals surface area contributed by atoms with Gasteiger partial charge < -0.3 is 4.90 Å². The molecule has 14 heavy (non-hydrogen) atoms. The van der Waals surface area contributed by atoms with Gasteiger partial charge in [-0.3, -0.25) is 14.6 Å². The number of aromatic nitrogens is 1. The minimum absolute atomic E-state index is 0.0419. The van der Waals surface area contributed by atoms with Crippen LogP contribution in [0.1, 0.15) is 6.42 Å². The van der Waals surface area contributed by atoms with E-state index in [2.05, 4.69) is 4.98 Å². The first-order valence-corrected chi connectivity index (χ1v) is 4.10. The van der Waals surface area contributed by atoms with Crippen molar-refractivity contribution in [3.05, 3.63) is 24.3 Å². The standard InChI is InChI=1S/C9H7FN2O2/c10-7-4-11-2-1-8(7)12-5-6(13)3-9(12)14/h1-2,4H,3,5H2. The highest BCUT2D eigenvalue weighted by atomic mass is 19.1. The molecule has 0 radical (unpaired) electrons. The number of carbonyl (C=O) groups excluding carboxylic acids is 2. The van der Waals surface area contributed by atoms with Crippen LogP contribution in [0.5, 0.6) is 0 Å². The lowest BCUT2D eigenvalue weighted by molar-refractivity contribution is -0.121. The van der Waals surface area contributed by atoms with Gasteiger partial charge in [-0.05, 0) is 6.07 Å². The van der Waals surface area contributed by atoms with Crippen LogP contribution in [0.2, 0.25) is 0 Å². The average Bonchev–Trinajstić information content (AvgIpc) is 2.46. The summed E-state index contributed by atoms with van der Waals surface area (Å²) in [6.45, 7) is -0.0419. The predicted molar refractivity (Wildman–Crippen MR) is 46.2 cm³/mol. The number of rotatable bonds is 1. The van der Waals surface area contributed by atoms with Crippen LogP contribution in [0.3, 0.4) is 0 Å². The summed E-state index contributed by atoms with van der Waals surface area (Å²) in [5, 5.41) is 0. The molecular weight excluding hydrogens is 187 g/mol. The van der Waals surface area contributed by atoms with E-state index in [1.54, 1.807) is 0 Å². The van der Waals surface area contributed by atoms with E-state index in [-0.39, 0.29) is 30.3 Å². The van der Waals surface area contributed by atoms with Crippen molar-refractivity contribution in [2.24, 2.45) is 0 Å². The first kappa shape index (κ1) is 8.80. The molecule has 2 rings (SSSR count). The molecule has 1 aliphatic heterocycles. The number of Topliss-reactive ketones (excluding diaryl/α,β-unsaturated/α-hetero) is 1. The molecule has 4 nitrogen and oxygen atoms in total. The smallest absolute Gasteiger partial charge is 0.235 e. The largest absolute Gasteiger partial charge is 0.302 e. The van der Waals surface area contributed by atoms with Gasteiger partial charge in [0.1, 0.15) is 0 Å². The number of amides is 1. The molecule has 0 bridgehead atoms. The molecule has 1 aliphatic rings. The van der Waals surface area contributed by atoms with Crippen LogP contribution < -0.4 is 4.90 Å². The molecule has 1 aromatic heterocycles. The Kier molecular flexibility index (Phi) is 1.99. The van der Waals surface area contributed by atoms with E-state index in [4.69, 9.17) is 0 Å². The lowest BCUT2D eigenvalue weighted by Gasteiger charge is -2.14. The highest BCUT2D eigenvalue weighted by Crippen LogP contribution is 2.21. The SMILES string of the molecule is O=C1CC(=O)N(c2ccncc2F)C1. The zero-order chi connectivity index (χ0) is 10.1. The van der Waals surface area contributed by atoms with E-state index < -0.39 is 5.82 Å². The fraction of sp³-hybridized carbons (Fsp3) is 0.222. The maximum atomic E-state index is 13.2. The van der Waals surface area contributed by atoms with E-state index in [9.17, 15) is 14.0 Å². The Labute approximate surface area is 79.4 Å². The molecule has 0 saturated carbocycles. The van der Waals surface area contributed by atoms with E-state index in [0.29, 0.717) is 0 Å². The minimum Gasteiger partial charge on any atom is -0.302 e. The summed E-state index contributed by atoms with van der Waals surface area (Å²) in [6.07, 6.45) is 2.27. The summed E-state index contributed by atoms with van der Waals surface area (Å²) in [5.41, 5.74) is 0.121. The second-order valence-electron chi connectivity index (χ2n) is 3.02. The van der Waals surface area contributed by atoms with Crippen molar-refractivity contribution in [1.29, 1.82) is 0 Å². The monoisotopic (exact) mass is 194 g/mol. The van der Waals surface area contributed by atoms with Crippen molar-refractivity contribution in [1.82, 2.24) is 4.98 Å². The molecule has 0 aromatic carbocycles. The lowest BCUT2D eigenvalue weighted by Crippen LogP contribution is -2.25. The predicted octanol–water partition coefficient (Wildman–Crippen LogP) is 0.526. The third kappa shape index (κ3) is 1.37. The normalized spacial score (nSPS) is 16.5. The zero-order valence-electron chi connectivity index (χ0n) is 7.24. The minimum atomic E-state index is -0.587. The van der Waals surface area contributed by atoms with E-state index in [1.807, 2.05) is 0 Å². The Morgan fingerprint density at radius 3 is 2.79 bits per heavy atom. The fourth-order valence-corrected chi connectivity index (χ4v) is 1.39. The van der Waals surface area contributed by atoms with Gasteiger partial charge >= 0.3 is 0 Å². The maximum Gasteiger partial charge on any atom is 0.235 e. The van der Waals surface area contributed by atoms with Crippen LogP contribution in [0.25, 0.3) is 0 Å². The van der Waals surface area contributed by atoms with Crippen molar-refractivity contribution < 1.29 is 14.0 Å². The number of nitrogens with zero attached hydrogens (tertiary/aromatic N) is 2. The van der Waals surface area contributed by atoms with Crippen LogP contribution in [-0.4, -0.2) is 23.2 Å². The average molecular weight is 194 g/mol. The van der Waals surface area contributed by atoms with Gasteiger partial charge in [-0.25, -0.2) is 4.39 Å². The number of anilines is 1. The summed E-state index contributed by atoms with van der Waals surface area (Å²) in [5.74, 6) is -1.14. The van der Waals surface area contributed by atoms with Crippen LogP contribution in [-0.2, 0) is 9.59 Å². The zero-order valence-corrected chi connectivity index (χ0v) is 7.24. The number of halogens is 1. The van der Waals surface area contributed by atoms with Gasteiger partial charge in [-0.1, -0.05) is 0 Å². The molecule has 72 valence electrons. The number of pyridine rings is 1. The maximum absolute atomic E-state index is 13.2. The Hall–Kier alpha value is -1.78. The van der Waals surface area contributed by atoms with Crippen LogP contribution in [0.15, 0.2) is 18.5 Å². The molecular formula is C9H7FN2O2. The second-order valence-corrected chi connectivity index (χ2v) is 3.02. The summed E-state index contributed by atoms with van der Waals surface area (Å²) < 4.78 is 13.2. The number of hydrogen-bond donors (Lipinski definition) is 0. The van der Waals surface area contributed by atoms with E-state index >= 15 is 0 Å². The van der Waals surface area contributed by atoms with Crippen LogP contribution in [0.4, 0.5) is 10.1 Å². The molecule has 1 saturated heterocycles. The quantitative estimate of drug-likeness (QED) is 0.612. The second kappa shape index (κ2) is 3.17. The molecule has 1 amide bonds. The van der Waals surface area contributed by atoms with Gasteiger partial charge in [0.05, 0.1) is 24.8 Å². The van der Waals surface area contributed by atoms with Gasteiger partial charge in [-0.15, -0.1) is 0 Å². The van der Waals surface area contributed by atoms with Crippen molar-refractivity contribution in [3.63, 3.8) is 0 Å². The first-order valence-electron chi connectivity index (χ1n) is 4.10. The van der Waals surface area contributed by atoms with Crippen LogP contribution >= 0.6 is 0 Å². The third-order valence-electron chi connectivity index (χ3n) is 2.03. The van der Waals surface area contributed by atoms with Crippen LogP contribution in [0, 0.1) is 5.82 Å². The molecule has 0 unspecified atom stereocenters. The third-order valence-corrected chi connectivity index (χ3v) is 2.03. The van der Waals surface area contributed by atoms with Gasteiger partial charge in [0, 0.05) is 6.20 Å². The van der Waals surface area contributed by atoms with E-state index in [0.717, 1.165) is 11.1 Å². The number of carbonyl (C=O) groups is 2. The Balaban J connectivity index is 2.36. The highest BCUT2D eigenvalue weighted by Gasteiger charge is 2.30. The van der Waals surface area contributed by atoms with Crippen molar-refractivity contribution in [2.45, 2.75) is 6.42 Å². The number of hydrogen-bond acceptors (Lipinski definition) is 3. The highest BCUT2D eigenvalue weighted by molar-refractivity contribution is 6.15. The van der Waals surface area contributed by atoms with Gasteiger partial charge in [-0.2, -0.15) is 0 Å². The molecule has 0 N–H and O–H groups in total. The summed E-state index contributed by atoms with van der Waals surface area (Å²) >= 11 is 0. The molecule has 1 aromatic rings. The van der Waals surface area contributed by atoms with Gasteiger partial charge in [0.25, 0.3) is 0 Å². The lowest BCUT2D eigenvalue weighted by atomic mass is 10.3. The molecule has 2 heterocycles. The summed E-state index contributed by atoms with van der Waals surface area (Å²) in [7, 11) is 0. The topological polar surface area (TPSA) is 50.3 Å². The summed E-state index contributed by atoms with van der Waals surface area (Å²) in [6, 6.07) is 1.38. The van der Waals surface area contributed by atoms with E-state index in [1.165, 1.54) is 12.3 Å².